The van der Waals surface area contributed by atoms with Gasteiger partial charge in [-0.15, -0.1) is 0 Å². The Bertz CT molecular complexity index is 353. The monoisotopic (exact) mass is 222 g/mol. The van der Waals surface area contributed by atoms with Gasteiger partial charge in [0, 0.05) is 10.6 Å². The van der Waals surface area contributed by atoms with Crippen LogP contribution in [0.1, 0.15) is 25.5 Å². The van der Waals surface area contributed by atoms with Gasteiger partial charge in [0.25, 0.3) is 0 Å². The first-order valence-electron chi connectivity index (χ1n) is 5.12. The van der Waals surface area contributed by atoms with Crippen molar-refractivity contribution in [1.82, 2.24) is 4.90 Å². The molecule has 0 bridgehead atoms. The maximum Gasteiger partial charge on any atom is 0.125 e. The van der Waals surface area contributed by atoms with E-state index in [1.807, 2.05) is 38.1 Å². The number of nitrogens with zero attached hydrogens (tertiary/aromatic N) is 2. The molecule has 0 spiro atoms. The third-order valence-corrected chi connectivity index (χ3v) is 2.84. The highest BCUT2D eigenvalue weighted by Gasteiger charge is 2.18. The molecule has 0 saturated heterocycles. The zero-order chi connectivity index (χ0) is 11.3. The highest BCUT2D eigenvalue weighted by atomic mass is 35.5. The Morgan fingerprint density at radius 1 is 1.33 bits per heavy atom. The van der Waals surface area contributed by atoms with Crippen LogP contribution in [0.4, 0.5) is 0 Å². The molecule has 0 aliphatic carbocycles. The Kier molecular flexibility index (Phi) is 4.61. The Labute approximate surface area is 96.1 Å². The first-order chi connectivity index (χ1) is 7.24. The Balaban J connectivity index is 3.03. The van der Waals surface area contributed by atoms with Crippen LogP contribution in [0, 0.1) is 11.3 Å². The molecule has 3 heteroatoms. The maximum absolute atomic E-state index is 9.19. The molecule has 0 amide bonds. The highest BCUT2D eigenvalue weighted by molar-refractivity contribution is 6.31. The van der Waals surface area contributed by atoms with Crippen molar-refractivity contribution < 1.29 is 0 Å². The van der Waals surface area contributed by atoms with Crippen LogP contribution in [-0.4, -0.2) is 18.0 Å². The Morgan fingerprint density at radius 3 is 2.40 bits per heavy atom. The second-order valence-electron chi connectivity index (χ2n) is 3.27. The first kappa shape index (κ1) is 12.0. The fourth-order valence-electron chi connectivity index (χ4n) is 1.63. The lowest BCUT2D eigenvalue weighted by Gasteiger charge is -2.24. The van der Waals surface area contributed by atoms with Crippen LogP contribution in [0.3, 0.4) is 0 Å². The minimum atomic E-state index is -0.242. The molecule has 0 heterocycles. The molecule has 0 aliphatic heterocycles. The molecule has 1 rings (SSSR count). The van der Waals surface area contributed by atoms with Crippen molar-refractivity contribution in [2.45, 2.75) is 19.9 Å². The molecule has 0 saturated carbocycles. The van der Waals surface area contributed by atoms with Crippen molar-refractivity contribution in [2.24, 2.45) is 0 Å². The Morgan fingerprint density at radius 2 is 1.93 bits per heavy atom. The summed E-state index contributed by atoms with van der Waals surface area (Å²) in [4.78, 5) is 2.08. The summed E-state index contributed by atoms with van der Waals surface area (Å²) >= 11 is 6.08. The average molecular weight is 223 g/mol. The van der Waals surface area contributed by atoms with Crippen molar-refractivity contribution in [3.63, 3.8) is 0 Å². The number of nitriles is 1. The summed E-state index contributed by atoms with van der Waals surface area (Å²) in [5, 5.41) is 9.85. The lowest BCUT2D eigenvalue weighted by Crippen LogP contribution is -2.27. The molecule has 0 N–H and O–H groups in total. The summed E-state index contributed by atoms with van der Waals surface area (Å²) in [5.74, 6) is 0. The number of halogens is 1. The molecule has 1 unspecified atom stereocenters. The first-order valence-corrected chi connectivity index (χ1v) is 5.50. The van der Waals surface area contributed by atoms with Crippen molar-refractivity contribution in [3.8, 4) is 6.07 Å². The van der Waals surface area contributed by atoms with E-state index in [9.17, 15) is 5.26 Å². The zero-order valence-electron chi connectivity index (χ0n) is 9.07. The molecular formula is C12H15ClN2. The van der Waals surface area contributed by atoms with Gasteiger partial charge in [-0.1, -0.05) is 43.6 Å². The lowest BCUT2D eigenvalue weighted by atomic mass is 10.1. The summed E-state index contributed by atoms with van der Waals surface area (Å²) in [6, 6.07) is 9.59. The summed E-state index contributed by atoms with van der Waals surface area (Å²) in [5.41, 5.74) is 0.894. The Hall–Kier alpha value is -1.04. The molecule has 1 aromatic rings. The van der Waals surface area contributed by atoms with Crippen molar-refractivity contribution in [2.75, 3.05) is 13.1 Å². The number of hydrogen-bond acceptors (Lipinski definition) is 2. The van der Waals surface area contributed by atoms with E-state index in [4.69, 9.17) is 11.6 Å². The van der Waals surface area contributed by atoms with Crippen LogP contribution in [-0.2, 0) is 0 Å². The number of hydrogen-bond donors (Lipinski definition) is 0. The SMILES string of the molecule is CCN(CC)C(C#N)c1ccccc1Cl. The number of benzene rings is 1. The van der Waals surface area contributed by atoms with Crippen LogP contribution in [0.5, 0.6) is 0 Å². The van der Waals surface area contributed by atoms with Gasteiger partial charge in [-0.25, -0.2) is 0 Å². The maximum atomic E-state index is 9.19. The van der Waals surface area contributed by atoms with Gasteiger partial charge in [0.15, 0.2) is 0 Å². The van der Waals surface area contributed by atoms with Gasteiger partial charge in [-0.05, 0) is 19.2 Å². The number of rotatable bonds is 4. The van der Waals surface area contributed by atoms with E-state index in [0.717, 1.165) is 18.7 Å². The quantitative estimate of drug-likeness (QED) is 0.782. The van der Waals surface area contributed by atoms with Crippen LogP contribution in [0.25, 0.3) is 0 Å². The molecule has 0 aliphatic rings. The summed E-state index contributed by atoms with van der Waals surface area (Å²) in [6.45, 7) is 5.79. The predicted molar refractivity (Wildman–Crippen MR) is 62.7 cm³/mol. The largest absolute Gasteiger partial charge is 0.285 e. The molecule has 15 heavy (non-hydrogen) atoms. The van der Waals surface area contributed by atoms with E-state index in [1.165, 1.54) is 0 Å². The van der Waals surface area contributed by atoms with Crippen LogP contribution < -0.4 is 0 Å². The standard InChI is InChI=1S/C12H15ClN2/c1-3-15(4-2)12(9-14)10-7-5-6-8-11(10)13/h5-8,12H,3-4H2,1-2H3. The average Bonchev–Trinajstić information content (AvgIpc) is 2.27. The van der Waals surface area contributed by atoms with Gasteiger partial charge in [0.05, 0.1) is 6.07 Å². The molecule has 0 aromatic heterocycles. The van der Waals surface area contributed by atoms with E-state index in [2.05, 4.69) is 11.0 Å². The molecule has 80 valence electrons. The van der Waals surface area contributed by atoms with E-state index < -0.39 is 0 Å². The van der Waals surface area contributed by atoms with Crippen molar-refractivity contribution in [1.29, 1.82) is 5.26 Å². The van der Waals surface area contributed by atoms with E-state index >= 15 is 0 Å². The smallest absolute Gasteiger partial charge is 0.125 e. The van der Waals surface area contributed by atoms with Gasteiger partial charge in [-0.3, -0.25) is 4.90 Å². The molecular weight excluding hydrogens is 208 g/mol. The minimum absolute atomic E-state index is 0.242. The lowest BCUT2D eigenvalue weighted by molar-refractivity contribution is 0.262. The third-order valence-electron chi connectivity index (χ3n) is 2.50. The van der Waals surface area contributed by atoms with Crippen molar-refractivity contribution in [3.05, 3.63) is 34.9 Å². The van der Waals surface area contributed by atoms with Crippen molar-refractivity contribution >= 4 is 11.6 Å². The third kappa shape index (κ3) is 2.71. The minimum Gasteiger partial charge on any atom is -0.285 e. The van der Waals surface area contributed by atoms with E-state index in [1.54, 1.807) is 0 Å². The highest BCUT2D eigenvalue weighted by Crippen LogP contribution is 2.26. The van der Waals surface area contributed by atoms with E-state index in [-0.39, 0.29) is 6.04 Å². The fourth-order valence-corrected chi connectivity index (χ4v) is 1.87. The second kappa shape index (κ2) is 5.75. The van der Waals surface area contributed by atoms with Crippen LogP contribution in [0.2, 0.25) is 5.02 Å². The van der Waals surface area contributed by atoms with Gasteiger partial charge in [-0.2, -0.15) is 5.26 Å². The van der Waals surface area contributed by atoms with Gasteiger partial charge >= 0.3 is 0 Å². The van der Waals surface area contributed by atoms with E-state index in [0.29, 0.717) is 5.02 Å². The predicted octanol–water partition coefficient (Wildman–Crippen LogP) is 3.25. The second-order valence-corrected chi connectivity index (χ2v) is 3.68. The topological polar surface area (TPSA) is 27.0 Å². The van der Waals surface area contributed by atoms with Gasteiger partial charge in [0.2, 0.25) is 0 Å². The molecule has 2 nitrogen and oxygen atoms in total. The summed E-state index contributed by atoms with van der Waals surface area (Å²) in [6.07, 6.45) is 0. The summed E-state index contributed by atoms with van der Waals surface area (Å²) < 4.78 is 0. The van der Waals surface area contributed by atoms with Crippen LogP contribution in [0.15, 0.2) is 24.3 Å². The molecule has 0 fully saturated rings. The summed E-state index contributed by atoms with van der Waals surface area (Å²) in [7, 11) is 0. The molecule has 0 radical (unpaired) electrons. The molecule has 1 atom stereocenters. The molecule has 1 aromatic carbocycles. The fraction of sp³-hybridized carbons (Fsp3) is 0.417. The zero-order valence-corrected chi connectivity index (χ0v) is 9.83. The van der Waals surface area contributed by atoms with Gasteiger partial charge in [0.1, 0.15) is 6.04 Å². The van der Waals surface area contributed by atoms with Crippen LogP contribution >= 0.6 is 11.6 Å². The van der Waals surface area contributed by atoms with Gasteiger partial charge < -0.3 is 0 Å². The normalized spacial score (nSPS) is 12.5.